The number of rotatable bonds is 2. The fourth-order valence-electron chi connectivity index (χ4n) is 1.68. The van der Waals surface area contributed by atoms with Crippen molar-refractivity contribution in [2.24, 2.45) is 0 Å². The highest BCUT2D eigenvalue weighted by atomic mass is 16.3. The zero-order valence-corrected chi connectivity index (χ0v) is 9.94. The van der Waals surface area contributed by atoms with Crippen molar-refractivity contribution in [3.8, 4) is 5.75 Å². The van der Waals surface area contributed by atoms with Crippen LogP contribution in [-0.4, -0.2) is 10.1 Å². The maximum atomic E-state index is 9.99. The lowest BCUT2D eigenvalue weighted by Crippen LogP contribution is -2.24. The summed E-state index contributed by atoms with van der Waals surface area (Å²) in [7, 11) is 0. The molecule has 0 atom stereocenters. The Morgan fingerprint density at radius 3 is 2.40 bits per heavy atom. The maximum Gasteiger partial charge on any atom is 0.144 e. The molecule has 0 amide bonds. The lowest BCUT2D eigenvalue weighted by molar-refractivity contribution is 0.465. The third-order valence-electron chi connectivity index (χ3n) is 2.32. The quantitative estimate of drug-likeness (QED) is 0.759. The minimum Gasteiger partial charge on any atom is -0.505 e. The molecule has 0 spiro atoms. The van der Waals surface area contributed by atoms with Crippen LogP contribution in [0.5, 0.6) is 5.75 Å². The third kappa shape index (κ3) is 2.32. The molecular formula is C13H19NO. The van der Waals surface area contributed by atoms with Gasteiger partial charge in [-0.25, -0.2) is 0 Å². The average Bonchev–Trinajstić information content (AvgIpc) is 2.41. The van der Waals surface area contributed by atoms with Crippen LogP contribution in [0.1, 0.15) is 33.4 Å². The van der Waals surface area contributed by atoms with Crippen molar-refractivity contribution in [3.05, 3.63) is 28.4 Å². The van der Waals surface area contributed by atoms with Crippen molar-refractivity contribution in [1.82, 2.24) is 4.98 Å². The molecule has 0 aromatic carbocycles. The molecule has 0 fully saturated rings. The van der Waals surface area contributed by atoms with Crippen molar-refractivity contribution in [2.75, 3.05) is 0 Å². The minimum absolute atomic E-state index is 0.380. The topological polar surface area (TPSA) is 36.0 Å². The molecular weight excluding hydrogens is 186 g/mol. The molecule has 82 valence electrons. The second kappa shape index (κ2) is 4.39. The number of aromatic nitrogens is 1. The van der Waals surface area contributed by atoms with Crippen LogP contribution in [0.25, 0.3) is 11.6 Å². The zero-order chi connectivity index (χ0) is 11.6. The minimum atomic E-state index is 0.380. The first kappa shape index (κ1) is 11.6. The van der Waals surface area contributed by atoms with E-state index < -0.39 is 0 Å². The van der Waals surface area contributed by atoms with Gasteiger partial charge in [0, 0.05) is 10.6 Å². The summed E-state index contributed by atoms with van der Waals surface area (Å²) >= 11 is 0. The fraction of sp³-hybridized carbons (Fsp3) is 0.385. The van der Waals surface area contributed by atoms with E-state index in [4.69, 9.17) is 0 Å². The molecule has 0 saturated heterocycles. The van der Waals surface area contributed by atoms with Gasteiger partial charge in [0.05, 0.1) is 5.69 Å². The largest absolute Gasteiger partial charge is 0.505 e. The SMILES string of the molecule is C=C(C)/C=c1/[nH]c(CC)c(O)c1=C(C)C. The predicted octanol–water partition coefficient (Wildman–Crippen LogP) is 1.83. The number of hydrogen-bond donors (Lipinski definition) is 2. The molecule has 1 rings (SSSR count). The molecule has 0 radical (unpaired) electrons. The Morgan fingerprint density at radius 2 is 2.00 bits per heavy atom. The van der Waals surface area contributed by atoms with Crippen LogP contribution in [0.3, 0.4) is 0 Å². The smallest absolute Gasteiger partial charge is 0.144 e. The first-order valence-corrected chi connectivity index (χ1v) is 5.22. The highest BCUT2D eigenvalue weighted by Crippen LogP contribution is 2.08. The standard InChI is InChI=1S/C13H19NO/c1-6-10-13(15)12(9(4)5)11(14-10)7-8(2)3/h7,14-15H,2,6H2,1,3-5H3/b11-7+. The monoisotopic (exact) mass is 205 g/mol. The van der Waals surface area contributed by atoms with Crippen LogP contribution >= 0.6 is 0 Å². The van der Waals surface area contributed by atoms with Crippen LogP contribution in [0, 0.1) is 0 Å². The van der Waals surface area contributed by atoms with Crippen LogP contribution in [0.2, 0.25) is 0 Å². The van der Waals surface area contributed by atoms with Gasteiger partial charge in [-0.1, -0.05) is 24.6 Å². The van der Waals surface area contributed by atoms with Gasteiger partial charge in [0.25, 0.3) is 0 Å². The molecule has 0 saturated carbocycles. The summed E-state index contributed by atoms with van der Waals surface area (Å²) in [5.74, 6) is 0.380. The second-order valence-corrected chi connectivity index (χ2v) is 4.09. The van der Waals surface area contributed by atoms with Crippen molar-refractivity contribution >= 4 is 11.6 Å². The Kier molecular flexibility index (Phi) is 3.40. The molecule has 1 heterocycles. The molecule has 0 aliphatic heterocycles. The van der Waals surface area contributed by atoms with Gasteiger partial charge in [0.1, 0.15) is 5.75 Å². The summed E-state index contributed by atoms with van der Waals surface area (Å²) < 4.78 is 0. The number of hydrogen-bond acceptors (Lipinski definition) is 1. The van der Waals surface area contributed by atoms with E-state index in [0.717, 1.165) is 33.8 Å². The van der Waals surface area contributed by atoms with Gasteiger partial charge in [-0.2, -0.15) is 0 Å². The first-order valence-electron chi connectivity index (χ1n) is 5.22. The first-order chi connectivity index (χ1) is 6.97. The number of aromatic amines is 1. The molecule has 2 N–H and O–H groups in total. The van der Waals surface area contributed by atoms with E-state index in [1.165, 1.54) is 0 Å². The molecule has 0 aliphatic carbocycles. The maximum absolute atomic E-state index is 9.99. The van der Waals surface area contributed by atoms with Crippen molar-refractivity contribution in [1.29, 1.82) is 0 Å². The fourth-order valence-corrected chi connectivity index (χ4v) is 1.68. The van der Waals surface area contributed by atoms with Crippen molar-refractivity contribution in [3.63, 3.8) is 0 Å². The second-order valence-electron chi connectivity index (χ2n) is 4.09. The lowest BCUT2D eigenvalue weighted by atomic mass is 10.2. The van der Waals surface area contributed by atoms with Crippen molar-refractivity contribution in [2.45, 2.75) is 34.1 Å². The molecule has 1 aromatic rings. The third-order valence-corrected chi connectivity index (χ3v) is 2.32. The number of allylic oxidation sites excluding steroid dienone is 1. The Morgan fingerprint density at radius 1 is 1.40 bits per heavy atom. The summed E-state index contributed by atoms with van der Waals surface area (Å²) in [6.07, 6.45) is 2.76. The predicted molar refractivity (Wildman–Crippen MR) is 65.1 cm³/mol. The summed E-state index contributed by atoms with van der Waals surface area (Å²) in [5.41, 5.74) is 2.97. The van der Waals surface area contributed by atoms with E-state index >= 15 is 0 Å². The Hall–Kier alpha value is -1.44. The number of aromatic hydroxyl groups is 1. The molecule has 0 unspecified atom stereocenters. The molecule has 15 heavy (non-hydrogen) atoms. The van der Waals surface area contributed by atoms with Gasteiger partial charge in [-0.15, -0.1) is 0 Å². The highest BCUT2D eigenvalue weighted by Gasteiger charge is 2.05. The van der Waals surface area contributed by atoms with Gasteiger partial charge in [-0.05, 0) is 33.3 Å². The zero-order valence-electron chi connectivity index (χ0n) is 9.94. The number of H-pyrrole nitrogens is 1. The molecule has 0 bridgehead atoms. The summed E-state index contributed by atoms with van der Waals surface area (Å²) in [6, 6.07) is 0. The summed E-state index contributed by atoms with van der Waals surface area (Å²) in [6.45, 7) is 11.8. The number of nitrogens with one attached hydrogen (secondary N) is 1. The van der Waals surface area contributed by atoms with Gasteiger partial charge in [0.15, 0.2) is 0 Å². The lowest BCUT2D eigenvalue weighted by Gasteiger charge is -1.91. The van der Waals surface area contributed by atoms with Gasteiger partial charge in [0.2, 0.25) is 0 Å². The van der Waals surface area contributed by atoms with E-state index in [2.05, 4.69) is 11.6 Å². The molecule has 2 nitrogen and oxygen atoms in total. The van der Waals surface area contributed by atoms with Gasteiger partial charge >= 0.3 is 0 Å². The van der Waals surface area contributed by atoms with Crippen LogP contribution in [-0.2, 0) is 6.42 Å². The van der Waals surface area contributed by atoms with E-state index in [0.29, 0.717) is 5.75 Å². The van der Waals surface area contributed by atoms with E-state index in [1.807, 2.05) is 33.8 Å². The normalized spacial score (nSPS) is 11.9. The van der Waals surface area contributed by atoms with E-state index in [1.54, 1.807) is 0 Å². The van der Waals surface area contributed by atoms with Gasteiger partial charge in [-0.3, -0.25) is 0 Å². The Balaban J connectivity index is 3.69. The van der Waals surface area contributed by atoms with Crippen LogP contribution < -0.4 is 10.6 Å². The molecule has 1 aromatic heterocycles. The Bertz CT molecular complexity index is 487. The van der Waals surface area contributed by atoms with Crippen LogP contribution in [0.15, 0.2) is 12.2 Å². The van der Waals surface area contributed by atoms with E-state index in [9.17, 15) is 5.11 Å². The highest BCUT2D eigenvalue weighted by molar-refractivity contribution is 5.51. The van der Waals surface area contributed by atoms with Crippen molar-refractivity contribution < 1.29 is 5.11 Å². The van der Waals surface area contributed by atoms with Gasteiger partial charge < -0.3 is 10.1 Å². The summed E-state index contributed by atoms with van der Waals surface area (Å²) in [5, 5.41) is 11.9. The van der Waals surface area contributed by atoms with Crippen LogP contribution in [0.4, 0.5) is 0 Å². The molecule has 0 aliphatic rings. The Labute approximate surface area is 90.7 Å². The van der Waals surface area contributed by atoms with E-state index in [-0.39, 0.29) is 0 Å². The summed E-state index contributed by atoms with van der Waals surface area (Å²) in [4.78, 5) is 3.23. The number of aryl methyl sites for hydroxylation is 1. The molecule has 2 heteroatoms. The average molecular weight is 205 g/mol.